The zero-order valence-corrected chi connectivity index (χ0v) is 51.2. The first-order valence-electron chi connectivity index (χ1n) is 27.8. The van der Waals surface area contributed by atoms with Crippen LogP contribution in [0.2, 0.25) is 36.3 Å². The van der Waals surface area contributed by atoms with Gasteiger partial charge in [-0.3, -0.25) is 50.3 Å². The number of nitrogens with two attached hydrogens (primary N) is 1. The summed E-state index contributed by atoms with van der Waals surface area (Å²) in [6.45, 7) is 22.9. The number of nitrogens with zero attached hydrogens (tertiary/aromatic N) is 7. The fourth-order valence-corrected chi connectivity index (χ4v) is 12.1. The average Bonchev–Trinajstić information content (AvgIpc) is 3.62. The number of anilines is 1. The van der Waals surface area contributed by atoms with Crippen LogP contribution in [0.25, 0.3) is 43.6 Å². The topological polar surface area (TPSA) is 273 Å². The van der Waals surface area contributed by atoms with Crippen molar-refractivity contribution in [2.24, 2.45) is 0 Å². The predicted molar refractivity (Wildman–Crippen MR) is 329 cm³/mol. The number of nitro benzene ring substituents is 3. The van der Waals surface area contributed by atoms with Crippen LogP contribution in [0.15, 0.2) is 122 Å². The molecule has 22 heteroatoms. The minimum atomic E-state index is -1.78. The molecule has 10 rings (SSSR count). The number of nitrogen functional groups attached to an aromatic ring is 1. The molecule has 4 heterocycles. The Bertz CT molecular complexity index is 3580. The van der Waals surface area contributed by atoms with Gasteiger partial charge in [0, 0.05) is 101 Å². The average molecular weight is 1170 g/mol. The van der Waals surface area contributed by atoms with E-state index in [1.807, 2.05) is 30.3 Å². The third-order valence-corrected chi connectivity index (χ3v) is 25.0. The number of hydrogen-bond donors (Lipinski definition) is 2. The van der Waals surface area contributed by atoms with Gasteiger partial charge in [0.2, 0.25) is 0 Å². The van der Waals surface area contributed by atoms with Crippen LogP contribution in [0.4, 0.5) is 22.7 Å². The number of aromatic hydroxyl groups is 1. The van der Waals surface area contributed by atoms with Crippen LogP contribution in [0.1, 0.15) is 92.9 Å². The number of ether oxygens (including phenoxy) is 3. The number of phenols is 1. The van der Waals surface area contributed by atoms with E-state index in [4.69, 9.17) is 28.8 Å². The van der Waals surface area contributed by atoms with Gasteiger partial charge in [-0.05, 0) is 118 Å². The van der Waals surface area contributed by atoms with Crippen molar-refractivity contribution in [3.05, 3.63) is 152 Å². The third-order valence-electron chi connectivity index (χ3n) is 16.0. The molecule has 8 aromatic rings. The fourth-order valence-electron chi connectivity index (χ4n) is 9.27. The van der Waals surface area contributed by atoms with E-state index < -0.39 is 26.5 Å². The maximum atomic E-state index is 11.5. The highest BCUT2D eigenvalue weighted by molar-refractivity contribution is 6.74. The second-order valence-corrected chi connectivity index (χ2v) is 33.4. The number of methoxy groups -OCH3 is 1. The monoisotopic (exact) mass is 1170 g/mol. The van der Waals surface area contributed by atoms with Gasteiger partial charge in [0.15, 0.2) is 33.9 Å². The minimum absolute atomic E-state index is 0.000136. The van der Waals surface area contributed by atoms with E-state index >= 15 is 0 Å². The molecule has 0 amide bonds. The molecule has 4 aromatic heterocycles. The Morgan fingerprint density at radius 3 is 1.17 bits per heavy atom. The molecule has 3 N–H and O–H groups in total. The molecule has 0 saturated heterocycles. The minimum Gasteiger partial charge on any atom is -0.502 e. The summed E-state index contributed by atoms with van der Waals surface area (Å²) >= 11 is 0. The third kappa shape index (κ3) is 16.2. The summed E-state index contributed by atoms with van der Waals surface area (Å²) in [6.07, 6.45) is 15.2. The van der Waals surface area contributed by atoms with Gasteiger partial charge in [-0.1, -0.05) is 65.8 Å². The van der Waals surface area contributed by atoms with Crippen LogP contribution in [-0.2, 0) is 8.85 Å². The molecule has 0 bridgehead atoms. The fraction of sp³-hybridized carbons (Fsp3) is 0.410. The van der Waals surface area contributed by atoms with Gasteiger partial charge in [-0.2, -0.15) is 0 Å². The van der Waals surface area contributed by atoms with Crippen molar-refractivity contribution in [3.63, 3.8) is 0 Å². The van der Waals surface area contributed by atoms with Gasteiger partial charge < -0.3 is 33.9 Å². The lowest BCUT2D eigenvalue weighted by molar-refractivity contribution is -0.386. The lowest BCUT2D eigenvalue weighted by Gasteiger charge is -2.41. The molecule has 83 heavy (non-hydrogen) atoms. The molecule has 0 aliphatic heterocycles. The molecular weight excluding hydrogens is 1090 g/mol. The van der Waals surface area contributed by atoms with Crippen molar-refractivity contribution >= 4 is 83.0 Å². The van der Waals surface area contributed by atoms with Crippen molar-refractivity contribution in [3.8, 4) is 23.0 Å². The Morgan fingerprint density at radius 2 is 0.795 bits per heavy atom. The van der Waals surface area contributed by atoms with E-state index in [0.717, 1.165) is 78.8 Å². The Balaban J connectivity index is 0.000000166. The highest BCUT2D eigenvalue weighted by atomic mass is 28.4. The highest BCUT2D eigenvalue weighted by Gasteiger charge is 2.41. The summed E-state index contributed by atoms with van der Waals surface area (Å²) in [7, 11) is -2.08. The van der Waals surface area contributed by atoms with Gasteiger partial charge in [0.1, 0.15) is 5.75 Å². The molecular formula is C61H76N8O12Si2. The summed E-state index contributed by atoms with van der Waals surface area (Å²) in [4.78, 5) is 48.0. The van der Waals surface area contributed by atoms with Crippen molar-refractivity contribution in [1.82, 2.24) is 19.9 Å². The molecule has 0 spiro atoms. The molecule has 4 aromatic carbocycles. The van der Waals surface area contributed by atoms with Crippen molar-refractivity contribution in [2.45, 2.75) is 154 Å². The first-order chi connectivity index (χ1) is 39.1. The van der Waals surface area contributed by atoms with Crippen LogP contribution in [0, 0.1) is 30.3 Å². The van der Waals surface area contributed by atoms with Gasteiger partial charge in [-0.15, -0.1) is 0 Å². The van der Waals surface area contributed by atoms with Gasteiger partial charge in [-0.25, -0.2) is 0 Å². The van der Waals surface area contributed by atoms with Gasteiger partial charge in [0.05, 0.1) is 61.8 Å². The summed E-state index contributed by atoms with van der Waals surface area (Å²) in [5.41, 5.74) is 9.38. The second-order valence-electron chi connectivity index (χ2n) is 23.9. The molecule has 0 atom stereocenters. The number of fused-ring (bicyclic) bond motifs is 4. The van der Waals surface area contributed by atoms with Crippen LogP contribution in [0.3, 0.4) is 0 Å². The van der Waals surface area contributed by atoms with Crippen LogP contribution in [0.5, 0.6) is 23.0 Å². The van der Waals surface area contributed by atoms with E-state index in [0.29, 0.717) is 39.5 Å². The standard InChI is InChI=1S/C21H30N2O4Si.C21H32N2O2Si.C10H8N2O3.C9H6N2O3/c1-21(2,3)28(4,5)27-17-10-8-16(9-11-17)26-20-14-18-15(7-6-12-22-18)13-19(20)23(24)25;1-21(2,3)26(4,5)25-17-10-8-16(9-11-17)24-20-14-19-15(13-18(20)22)7-6-12-23-19;1-15-10-6-8-7(3-2-4-11-8)5-9(10)12(13)14;12-9-5-7-6(2-1-3-10-7)4-8(9)11(13)14/h6-7,12-14,16-17H,8-11H2,1-5H3;6-7,12-14,16-17H,8-11,22H2,1-5H3;2-6H,1H3;1-5,12H. The summed E-state index contributed by atoms with van der Waals surface area (Å²) in [6, 6.07) is 27.2. The zero-order chi connectivity index (χ0) is 60.4. The molecule has 2 saturated carbocycles. The quantitative estimate of drug-likeness (QED) is 0.0498. The molecule has 0 unspecified atom stereocenters. The van der Waals surface area contributed by atoms with E-state index in [1.165, 1.54) is 25.3 Å². The molecule has 2 aliphatic carbocycles. The number of hydrogen-bond acceptors (Lipinski definition) is 17. The van der Waals surface area contributed by atoms with Crippen molar-refractivity contribution in [2.75, 3.05) is 12.8 Å². The van der Waals surface area contributed by atoms with E-state index in [9.17, 15) is 35.4 Å². The number of phenolic OH excluding ortho intramolecular Hbond substituents is 1. The molecule has 0 radical (unpaired) electrons. The predicted octanol–water partition coefficient (Wildman–Crippen LogP) is 15.4. The van der Waals surface area contributed by atoms with E-state index in [2.05, 4.69) is 87.7 Å². The van der Waals surface area contributed by atoms with Crippen molar-refractivity contribution in [1.29, 1.82) is 0 Å². The summed E-state index contributed by atoms with van der Waals surface area (Å²) < 4.78 is 30.3. The van der Waals surface area contributed by atoms with Crippen LogP contribution in [-0.4, -0.2) is 88.0 Å². The number of pyridine rings is 4. The Kier molecular flexibility index (Phi) is 20.0. The second kappa shape index (κ2) is 26.5. The van der Waals surface area contributed by atoms with E-state index in [-0.39, 0.29) is 61.9 Å². The van der Waals surface area contributed by atoms with Crippen molar-refractivity contribution < 1.29 is 42.9 Å². The SMILES string of the molecule is CC(C)(C)[Si](C)(C)OC1CCC(Oc2cc3ncccc3cc2N)CC1.CC(C)(C)[Si](C)(C)OC1CCC(Oc2cc3ncccc3cc2[N+](=O)[O-])CC1.COc1cc2ncccc2cc1[N+](=O)[O-].O=[N+]([O-])c1cc2cccnc2cc1O. The molecule has 2 aliphatic rings. The van der Waals surface area contributed by atoms with Gasteiger partial charge in [0.25, 0.3) is 0 Å². The first kappa shape index (κ1) is 62.7. The lowest BCUT2D eigenvalue weighted by Crippen LogP contribution is -2.45. The highest BCUT2D eigenvalue weighted by Crippen LogP contribution is 2.42. The summed E-state index contributed by atoms with van der Waals surface area (Å²) in [5.74, 6) is 0.933. The Labute approximate surface area is 485 Å². The normalized spacial score (nSPS) is 17.4. The zero-order valence-electron chi connectivity index (χ0n) is 49.2. The molecule has 440 valence electrons. The Hall–Kier alpha value is -7.93. The number of benzene rings is 4. The molecule has 2 fully saturated rings. The van der Waals surface area contributed by atoms with E-state index in [1.54, 1.807) is 73.3 Å². The van der Waals surface area contributed by atoms with Crippen LogP contribution < -0.4 is 19.9 Å². The largest absolute Gasteiger partial charge is 0.502 e. The number of aromatic nitrogens is 4. The van der Waals surface area contributed by atoms with Crippen LogP contribution >= 0.6 is 0 Å². The molecule has 20 nitrogen and oxygen atoms in total. The number of rotatable bonds is 12. The smallest absolute Gasteiger partial charge is 0.311 e. The van der Waals surface area contributed by atoms with Gasteiger partial charge >= 0.3 is 17.1 Å². The maximum absolute atomic E-state index is 11.5. The Morgan fingerprint density at radius 1 is 0.482 bits per heavy atom. The lowest BCUT2D eigenvalue weighted by atomic mass is 9.95. The maximum Gasteiger partial charge on any atom is 0.311 e. The number of nitro groups is 3. The summed E-state index contributed by atoms with van der Waals surface area (Å²) in [5, 5.41) is 45.6. The first-order valence-corrected chi connectivity index (χ1v) is 33.6.